The first kappa shape index (κ1) is 30.6. The third-order valence-corrected chi connectivity index (χ3v) is 6.38. The van der Waals surface area contributed by atoms with Gasteiger partial charge in [-0.2, -0.15) is 0 Å². The fraction of sp³-hybridized carbons (Fsp3) is 0.600. The molecular weight excluding hydrogens is 457 g/mol. The molecule has 4 heteroatoms. The second-order valence-corrected chi connectivity index (χ2v) is 10.9. The summed E-state index contributed by atoms with van der Waals surface area (Å²) >= 11 is 0. The van der Waals surface area contributed by atoms with Crippen molar-refractivity contribution in [2.45, 2.75) is 92.9 Å². The maximum absolute atomic E-state index is 3.75. The van der Waals surface area contributed by atoms with Crippen LogP contribution in [0.5, 0.6) is 0 Å². The number of aryl methyl sites for hydroxylation is 2. The van der Waals surface area contributed by atoms with E-state index in [1.807, 2.05) is 0 Å². The third-order valence-electron chi connectivity index (χ3n) is 6.38. The number of hydrogen-bond donors (Lipinski definition) is 3. The van der Waals surface area contributed by atoms with Crippen LogP contribution in [0.4, 0.5) is 11.4 Å². The zero-order valence-corrected chi connectivity index (χ0v) is 24.5. The molecule has 0 atom stereocenters. The summed E-state index contributed by atoms with van der Waals surface area (Å²) in [5.74, 6) is 2.06. The van der Waals surface area contributed by atoms with Crippen LogP contribution in [0.15, 0.2) is 24.3 Å². The first-order valence-electron chi connectivity index (χ1n) is 13.0. The molecule has 0 fully saturated rings. The summed E-state index contributed by atoms with van der Waals surface area (Å²) < 4.78 is 0. The van der Waals surface area contributed by atoms with Gasteiger partial charge in [0.15, 0.2) is 0 Å². The predicted octanol–water partition coefficient (Wildman–Crippen LogP) is 7.91. The van der Waals surface area contributed by atoms with Gasteiger partial charge < -0.3 is 16.0 Å². The van der Waals surface area contributed by atoms with Gasteiger partial charge in [0, 0.05) is 54.6 Å². The van der Waals surface area contributed by atoms with Crippen LogP contribution >= 0.6 is 0 Å². The molecule has 34 heavy (non-hydrogen) atoms. The summed E-state index contributed by atoms with van der Waals surface area (Å²) in [5, 5.41) is 11.1. The summed E-state index contributed by atoms with van der Waals surface area (Å²) in [5.41, 5.74) is 11.1. The van der Waals surface area contributed by atoms with Crippen molar-refractivity contribution in [3.63, 3.8) is 0 Å². The SMILES string of the molecule is Cc1cc(C(C)C)c(NCCNCCNc2c(C(C)C)cc(C)cc2C(C)C)c(C(C)C)c1.[Mn]. The molecule has 0 unspecified atom stereocenters. The number of rotatable bonds is 12. The second kappa shape index (κ2) is 14.2. The van der Waals surface area contributed by atoms with Crippen molar-refractivity contribution in [1.82, 2.24) is 5.32 Å². The minimum absolute atomic E-state index is 0. The normalized spacial score (nSPS) is 11.5. The van der Waals surface area contributed by atoms with E-state index in [0.29, 0.717) is 23.7 Å². The first-order chi connectivity index (χ1) is 15.5. The summed E-state index contributed by atoms with van der Waals surface area (Å²) in [7, 11) is 0. The van der Waals surface area contributed by atoms with Crippen LogP contribution in [0.2, 0.25) is 0 Å². The van der Waals surface area contributed by atoms with Gasteiger partial charge >= 0.3 is 0 Å². The Morgan fingerprint density at radius 3 is 1.00 bits per heavy atom. The fourth-order valence-corrected chi connectivity index (χ4v) is 4.59. The monoisotopic (exact) mass is 506 g/mol. The van der Waals surface area contributed by atoms with Gasteiger partial charge in [0.2, 0.25) is 0 Å². The van der Waals surface area contributed by atoms with Crippen molar-refractivity contribution >= 4 is 11.4 Å². The molecule has 0 aliphatic heterocycles. The number of hydrogen-bond acceptors (Lipinski definition) is 3. The van der Waals surface area contributed by atoms with Gasteiger partial charge in [0.1, 0.15) is 0 Å². The van der Waals surface area contributed by atoms with Gasteiger partial charge in [-0.1, -0.05) is 90.8 Å². The molecule has 3 nitrogen and oxygen atoms in total. The van der Waals surface area contributed by atoms with Gasteiger partial charge in [-0.15, -0.1) is 0 Å². The number of anilines is 2. The summed E-state index contributed by atoms with van der Waals surface area (Å²) in [6.07, 6.45) is 0. The van der Waals surface area contributed by atoms with Crippen molar-refractivity contribution in [2.24, 2.45) is 0 Å². The Hall–Kier alpha value is -1.48. The van der Waals surface area contributed by atoms with E-state index in [1.54, 1.807) is 0 Å². The largest absolute Gasteiger partial charge is 0.383 e. The topological polar surface area (TPSA) is 36.1 Å². The molecule has 0 bridgehead atoms. The Kier molecular flexibility index (Phi) is 12.7. The van der Waals surface area contributed by atoms with E-state index >= 15 is 0 Å². The van der Waals surface area contributed by atoms with Gasteiger partial charge in [-0.25, -0.2) is 0 Å². The molecule has 3 N–H and O–H groups in total. The van der Waals surface area contributed by atoms with E-state index in [4.69, 9.17) is 0 Å². The molecule has 0 saturated heterocycles. The maximum atomic E-state index is 3.75. The van der Waals surface area contributed by atoms with Gasteiger partial charge in [-0.05, 0) is 59.8 Å². The fourth-order valence-electron chi connectivity index (χ4n) is 4.59. The van der Waals surface area contributed by atoms with E-state index in [-0.39, 0.29) is 17.1 Å². The standard InChI is InChI=1S/C30H49N3.Mn/c1-19(2)25-15-23(9)16-26(20(3)4)29(25)32-13-11-31-12-14-33-30-27(21(5)6)17-24(10)18-28(30)22(7)8;/h15-22,31-33H,11-14H2,1-10H3;. The van der Waals surface area contributed by atoms with Crippen LogP contribution in [0.25, 0.3) is 0 Å². The van der Waals surface area contributed by atoms with E-state index in [1.165, 1.54) is 44.8 Å². The average Bonchev–Trinajstić information content (AvgIpc) is 2.73. The Bertz CT molecular complexity index is 768. The number of nitrogens with one attached hydrogen (secondary N) is 3. The minimum Gasteiger partial charge on any atom is -0.383 e. The molecule has 1 radical (unpaired) electrons. The molecule has 0 aliphatic carbocycles. The zero-order chi connectivity index (χ0) is 24.7. The Balaban J connectivity index is 0.00000578. The van der Waals surface area contributed by atoms with Crippen molar-refractivity contribution in [3.05, 3.63) is 57.6 Å². The van der Waals surface area contributed by atoms with Gasteiger partial charge in [-0.3, -0.25) is 0 Å². The molecular formula is C30H49MnN3. The molecule has 0 aromatic heterocycles. The summed E-state index contributed by atoms with van der Waals surface area (Å²) in [4.78, 5) is 0. The maximum Gasteiger partial charge on any atom is 0.0411 e. The van der Waals surface area contributed by atoms with Crippen molar-refractivity contribution in [2.75, 3.05) is 36.8 Å². The van der Waals surface area contributed by atoms with Crippen molar-refractivity contribution in [3.8, 4) is 0 Å². The first-order valence-corrected chi connectivity index (χ1v) is 13.0. The third kappa shape index (κ3) is 8.33. The van der Waals surface area contributed by atoms with Crippen LogP contribution in [0, 0.1) is 13.8 Å². The van der Waals surface area contributed by atoms with E-state index < -0.39 is 0 Å². The van der Waals surface area contributed by atoms with Gasteiger partial charge in [0.05, 0.1) is 0 Å². The van der Waals surface area contributed by atoms with Crippen molar-refractivity contribution in [1.29, 1.82) is 0 Å². The summed E-state index contributed by atoms with van der Waals surface area (Å²) in [6.45, 7) is 26.5. The molecule has 0 amide bonds. The second-order valence-electron chi connectivity index (χ2n) is 10.9. The van der Waals surface area contributed by atoms with E-state index in [0.717, 1.165) is 26.2 Å². The molecule has 2 rings (SSSR count). The molecule has 0 spiro atoms. The predicted molar refractivity (Wildman–Crippen MR) is 149 cm³/mol. The van der Waals surface area contributed by atoms with Crippen molar-refractivity contribution < 1.29 is 17.1 Å². The summed E-state index contributed by atoms with van der Waals surface area (Å²) in [6, 6.07) is 9.37. The smallest absolute Gasteiger partial charge is 0.0411 e. The molecule has 191 valence electrons. The quantitative estimate of drug-likeness (QED) is 0.202. The van der Waals surface area contributed by atoms with E-state index in [9.17, 15) is 0 Å². The number of benzene rings is 2. The minimum atomic E-state index is 0. The average molecular weight is 507 g/mol. The van der Waals surface area contributed by atoms with Gasteiger partial charge in [0.25, 0.3) is 0 Å². The Morgan fingerprint density at radius 1 is 0.500 bits per heavy atom. The molecule has 0 heterocycles. The van der Waals surface area contributed by atoms with Crippen LogP contribution < -0.4 is 16.0 Å². The van der Waals surface area contributed by atoms with Crippen LogP contribution in [0.1, 0.15) is 112 Å². The molecule has 2 aromatic carbocycles. The Morgan fingerprint density at radius 2 is 0.765 bits per heavy atom. The molecule has 0 saturated carbocycles. The Labute approximate surface area is 220 Å². The molecule has 2 aromatic rings. The van der Waals surface area contributed by atoms with Crippen LogP contribution in [0.3, 0.4) is 0 Å². The van der Waals surface area contributed by atoms with Crippen LogP contribution in [-0.2, 0) is 17.1 Å². The van der Waals surface area contributed by atoms with Crippen LogP contribution in [-0.4, -0.2) is 26.2 Å². The zero-order valence-electron chi connectivity index (χ0n) is 23.3. The van der Waals surface area contributed by atoms with E-state index in [2.05, 4.69) is 109 Å². The molecule has 0 aliphatic rings.